The molecule has 0 N–H and O–H groups in total. The number of fused-ring (bicyclic) bond motifs is 1. The van der Waals surface area contributed by atoms with Crippen molar-refractivity contribution in [3.8, 4) is 0 Å². The molecule has 0 aromatic carbocycles. The van der Waals surface area contributed by atoms with Crippen LogP contribution in [0.4, 0.5) is 0 Å². The van der Waals surface area contributed by atoms with Crippen LogP contribution in [0.2, 0.25) is 0 Å². The number of likely N-dealkylation sites (tertiary alicyclic amines) is 1. The molecule has 4 rings (SSSR count). The zero-order chi connectivity index (χ0) is 19.0. The Morgan fingerprint density at radius 3 is 2.81 bits per heavy atom. The van der Waals surface area contributed by atoms with Gasteiger partial charge in [-0.1, -0.05) is 6.42 Å². The highest BCUT2D eigenvalue weighted by Gasteiger charge is 2.31. The summed E-state index contributed by atoms with van der Waals surface area (Å²) in [4.78, 5) is 11.9. The second-order valence-corrected chi connectivity index (χ2v) is 9.25. The van der Waals surface area contributed by atoms with Crippen molar-refractivity contribution >= 4 is 10.0 Å². The lowest BCUT2D eigenvalue weighted by Gasteiger charge is -2.32. The van der Waals surface area contributed by atoms with E-state index in [4.69, 9.17) is 4.98 Å². The Hall–Kier alpha value is -1.84. The van der Waals surface area contributed by atoms with Crippen LogP contribution in [-0.4, -0.2) is 57.5 Å². The molecule has 0 aliphatic carbocycles. The number of hydrogen-bond acceptors (Lipinski definition) is 6. The van der Waals surface area contributed by atoms with Crippen LogP contribution in [-0.2, 0) is 29.5 Å². The predicted octanol–water partition coefficient (Wildman–Crippen LogP) is 1.60. The zero-order valence-corrected chi connectivity index (χ0v) is 16.7. The van der Waals surface area contributed by atoms with E-state index in [-0.39, 0.29) is 10.9 Å². The summed E-state index contributed by atoms with van der Waals surface area (Å²) < 4.78 is 28.9. The number of rotatable bonds is 4. The van der Waals surface area contributed by atoms with E-state index in [1.807, 2.05) is 13.1 Å². The van der Waals surface area contributed by atoms with Crippen molar-refractivity contribution in [3.63, 3.8) is 0 Å². The highest BCUT2D eigenvalue weighted by Crippen LogP contribution is 2.29. The standard InChI is InChI=1S/C18H26N6O2S/c1-3-23-13-15(11-20-23)27(25,26)24-9-7-16-14(12-24)10-19-18(21-16)17-6-4-5-8-22(17)2/h10-11,13,17H,3-9,12H2,1-2H3/t17-/m1/s1. The average Bonchev–Trinajstić information content (AvgIpc) is 3.18. The highest BCUT2D eigenvalue weighted by atomic mass is 32.2. The molecule has 0 bridgehead atoms. The molecule has 0 amide bonds. The van der Waals surface area contributed by atoms with Gasteiger partial charge in [-0.25, -0.2) is 18.4 Å². The maximum atomic E-state index is 12.9. The van der Waals surface area contributed by atoms with E-state index < -0.39 is 10.0 Å². The monoisotopic (exact) mass is 390 g/mol. The van der Waals surface area contributed by atoms with Crippen molar-refractivity contribution in [3.05, 3.63) is 35.7 Å². The van der Waals surface area contributed by atoms with Gasteiger partial charge in [-0.3, -0.25) is 9.58 Å². The molecule has 1 fully saturated rings. The minimum absolute atomic E-state index is 0.245. The first-order valence-corrected chi connectivity index (χ1v) is 11.0. The first kappa shape index (κ1) is 18.5. The van der Waals surface area contributed by atoms with Gasteiger partial charge >= 0.3 is 0 Å². The van der Waals surface area contributed by atoms with Crippen LogP contribution in [0.15, 0.2) is 23.5 Å². The molecule has 1 saturated heterocycles. The maximum absolute atomic E-state index is 12.9. The Kier molecular flexibility index (Phi) is 5.00. The van der Waals surface area contributed by atoms with Gasteiger partial charge in [-0.05, 0) is 33.4 Å². The van der Waals surface area contributed by atoms with Gasteiger partial charge in [0.15, 0.2) is 0 Å². The van der Waals surface area contributed by atoms with Crippen molar-refractivity contribution in [2.75, 3.05) is 20.1 Å². The van der Waals surface area contributed by atoms with Crippen molar-refractivity contribution in [1.29, 1.82) is 0 Å². The third-order valence-corrected chi connectivity index (χ3v) is 7.36. The van der Waals surface area contributed by atoms with Gasteiger partial charge in [-0.2, -0.15) is 9.40 Å². The van der Waals surface area contributed by atoms with Crippen LogP contribution in [0.1, 0.15) is 49.3 Å². The second-order valence-electron chi connectivity index (χ2n) is 7.31. The lowest BCUT2D eigenvalue weighted by molar-refractivity contribution is 0.179. The summed E-state index contributed by atoms with van der Waals surface area (Å²) in [5.41, 5.74) is 1.88. The lowest BCUT2D eigenvalue weighted by Crippen LogP contribution is -2.37. The molecule has 0 saturated carbocycles. The molecule has 2 aliphatic rings. The molecule has 1 atom stereocenters. The highest BCUT2D eigenvalue weighted by molar-refractivity contribution is 7.89. The van der Waals surface area contributed by atoms with Gasteiger partial charge in [0.05, 0.1) is 12.2 Å². The minimum atomic E-state index is -3.55. The summed E-state index contributed by atoms with van der Waals surface area (Å²) in [6, 6.07) is 0.269. The molecule has 0 unspecified atom stereocenters. The summed E-state index contributed by atoms with van der Waals surface area (Å²) in [5.74, 6) is 0.872. The topological polar surface area (TPSA) is 84.2 Å². The summed E-state index contributed by atoms with van der Waals surface area (Å²) >= 11 is 0. The maximum Gasteiger partial charge on any atom is 0.246 e. The zero-order valence-electron chi connectivity index (χ0n) is 15.9. The predicted molar refractivity (Wildman–Crippen MR) is 100 cm³/mol. The molecule has 0 radical (unpaired) electrons. The third kappa shape index (κ3) is 3.51. The molecule has 2 aliphatic heterocycles. The molecule has 2 aromatic heterocycles. The lowest BCUT2D eigenvalue weighted by atomic mass is 10.0. The Morgan fingerprint density at radius 1 is 1.22 bits per heavy atom. The number of hydrogen-bond donors (Lipinski definition) is 0. The van der Waals surface area contributed by atoms with E-state index >= 15 is 0 Å². The summed E-state index contributed by atoms with van der Waals surface area (Å²) in [6.45, 7) is 4.39. The van der Waals surface area contributed by atoms with E-state index in [2.05, 4.69) is 22.0 Å². The number of sulfonamides is 1. The van der Waals surface area contributed by atoms with Crippen molar-refractivity contribution in [2.45, 2.75) is 56.6 Å². The van der Waals surface area contributed by atoms with E-state index in [1.165, 1.54) is 23.3 Å². The van der Waals surface area contributed by atoms with Crippen LogP contribution in [0, 0.1) is 0 Å². The smallest absolute Gasteiger partial charge is 0.246 e. The molecule has 4 heterocycles. The Morgan fingerprint density at radius 2 is 2.07 bits per heavy atom. The van der Waals surface area contributed by atoms with Crippen molar-refractivity contribution < 1.29 is 8.42 Å². The van der Waals surface area contributed by atoms with Crippen LogP contribution in [0.25, 0.3) is 0 Å². The van der Waals surface area contributed by atoms with Gasteiger partial charge in [0.1, 0.15) is 10.7 Å². The SMILES string of the molecule is CCn1cc(S(=O)(=O)N2CCc3nc([C@H]4CCCCN4C)ncc3C2)cn1. The normalized spacial score (nSPS) is 21.9. The first-order chi connectivity index (χ1) is 13.0. The number of piperidine rings is 1. The summed E-state index contributed by atoms with van der Waals surface area (Å²) in [6.07, 6.45) is 8.94. The van der Waals surface area contributed by atoms with Crippen LogP contribution >= 0.6 is 0 Å². The van der Waals surface area contributed by atoms with Gasteiger partial charge in [0.2, 0.25) is 10.0 Å². The molecular weight excluding hydrogens is 364 g/mol. The van der Waals surface area contributed by atoms with E-state index in [1.54, 1.807) is 10.9 Å². The minimum Gasteiger partial charge on any atom is -0.296 e. The molecular formula is C18H26N6O2S. The van der Waals surface area contributed by atoms with Crippen LogP contribution in [0.5, 0.6) is 0 Å². The average molecular weight is 391 g/mol. The van der Waals surface area contributed by atoms with Crippen LogP contribution < -0.4 is 0 Å². The molecule has 146 valence electrons. The molecule has 27 heavy (non-hydrogen) atoms. The second kappa shape index (κ2) is 7.29. The van der Waals surface area contributed by atoms with E-state index in [0.29, 0.717) is 26.1 Å². The largest absolute Gasteiger partial charge is 0.296 e. The van der Waals surface area contributed by atoms with E-state index in [0.717, 1.165) is 30.0 Å². The molecule has 2 aromatic rings. The number of aryl methyl sites for hydroxylation is 1. The Labute approximate surface area is 160 Å². The fourth-order valence-corrected chi connectivity index (χ4v) is 5.25. The van der Waals surface area contributed by atoms with Gasteiger partial charge in [0, 0.05) is 49.7 Å². The number of nitrogens with zero attached hydrogens (tertiary/aromatic N) is 6. The van der Waals surface area contributed by atoms with Gasteiger partial charge in [0.25, 0.3) is 0 Å². The van der Waals surface area contributed by atoms with Gasteiger partial charge < -0.3 is 0 Å². The van der Waals surface area contributed by atoms with Crippen molar-refractivity contribution in [2.24, 2.45) is 0 Å². The Bertz CT molecular complexity index is 926. The van der Waals surface area contributed by atoms with Crippen molar-refractivity contribution in [1.82, 2.24) is 29.0 Å². The number of aromatic nitrogens is 4. The van der Waals surface area contributed by atoms with Crippen LogP contribution in [0.3, 0.4) is 0 Å². The fourth-order valence-electron chi connectivity index (χ4n) is 3.87. The summed E-state index contributed by atoms with van der Waals surface area (Å²) in [5, 5.41) is 4.09. The first-order valence-electron chi connectivity index (χ1n) is 9.56. The molecule has 9 heteroatoms. The van der Waals surface area contributed by atoms with E-state index in [9.17, 15) is 8.42 Å². The fraction of sp³-hybridized carbons (Fsp3) is 0.611. The molecule has 0 spiro atoms. The van der Waals surface area contributed by atoms with Gasteiger partial charge in [-0.15, -0.1) is 0 Å². The molecule has 8 nitrogen and oxygen atoms in total. The Balaban J connectivity index is 1.55. The quantitative estimate of drug-likeness (QED) is 0.788. The third-order valence-electron chi connectivity index (χ3n) is 5.56. The summed E-state index contributed by atoms with van der Waals surface area (Å²) in [7, 11) is -1.42.